The van der Waals surface area contributed by atoms with Crippen molar-refractivity contribution in [2.24, 2.45) is 5.10 Å². The summed E-state index contributed by atoms with van der Waals surface area (Å²) in [4.78, 5) is 12.2. The van der Waals surface area contributed by atoms with Gasteiger partial charge in [-0.25, -0.2) is 13.8 Å². The second-order valence-corrected chi connectivity index (χ2v) is 9.56. The van der Waals surface area contributed by atoms with Crippen LogP contribution in [0, 0.1) is 0 Å². The van der Waals surface area contributed by atoms with Crippen LogP contribution in [-0.4, -0.2) is 26.3 Å². The Hall–Kier alpha value is -2.09. The van der Waals surface area contributed by atoms with E-state index in [0.717, 1.165) is 37.7 Å². The van der Waals surface area contributed by atoms with Crippen molar-refractivity contribution < 1.29 is 13.2 Å². The van der Waals surface area contributed by atoms with E-state index in [2.05, 4.69) is 10.5 Å². The van der Waals surface area contributed by atoms with Gasteiger partial charge in [-0.1, -0.05) is 41.4 Å². The predicted octanol–water partition coefficient (Wildman–Crippen LogP) is 4.62. The monoisotopic (exact) mass is 453 g/mol. The maximum Gasteiger partial charge on any atom is 0.271 e. The van der Waals surface area contributed by atoms with Gasteiger partial charge in [0, 0.05) is 11.3 Å². The number of hydrazone groups is 1. The van der Waals surface area contributed by atoms with Crippen LogP contribution in [0.4, 0.5) is 5.69 Å². The number of rotatable bonds is 6. The third kappa shape index (κ3) is 5.50. The van der Waals surface area contributed by atoms with E-state index in [1.54, 1.807) is 42.5 Å². The molecule has 2 aromatic rings. The standard InChI is InChI=1S/C20H21Cl2N3O3S/c1-29(27,28)25(18-8-4-7-17(21)19(18)22)13-14-9-11-15(12-10-14)20(26)24-23-16-5-2-3-6-16/h4,7-12H,2-3,5-6,13H2,1H3,(H,24,26). The summed E-state index contributed by atoms with van der Waals surface area (Å²) in [5.74, 6) is -0.297. The number of amides is 1. The molecule has 0 saturated heterocycles. The molecule has 9 heteroatoms. The number of sulfonamides is 1. The molecule has 0 radical (unpaired) electrons. The number of hydrogen-bond acceptors (Lipinski definition) is 4. The van der Waals surface area contributed by atoms with Crippen molar-refractivity contribution in [1.29, 1.82) is 0 Å². The Bertz CT molecular complexity index is 1030. The molecule has 0 atom stereocenters. The molecule has 0 spiro atoms. The second-order valence-electron chi connectivity index (χ2n) is 6.87. The van der Waals surface area contributed by atoms with E-state index in [9.17, 15) is 13.2 Å². The van der Waals surface area contributed by atoms with Gasteiger partial charge in [0.15, 0.2) is 0 Å². The maximum atomic E-state index is 12.3. The van der Waals surface area contributed by atoms with Crippen LogP contribution in [0.5, 0.6) is 0 Å². The van der Waals surface area contributed by atoms with E-state index < -0.39 is 10.0 Å². The number of nitrogens with zero attached hydrogens (tertiary/aromatic N) is 2. The second kappa shape index (κ2) is 9.15. The first-order valence-electron chi connectivity index (χ1n) is 9.12. The number of nitrogens with one attached hydrogen (secondary N) is 1. The minimum Gasteiger partial charge on any atom is -0.267 e. The molecular weight excluding hydrogens is 433 g/mol. The molecule has 0 aromatic heterocycles. The van der Waals surface area contributed by atoms with Crippen LogP contribution in [-0.2, 0) is 16.6 Å². The quantitative estimate of drug-likeness (QED) is 0.647. The molecule has 0 unspecified atom stereocenters. The van der Waals surface area contributed by atoms with Crippen LogP contribution in [0.1, 0.15) is 41.6 Å². The van der Waals surface area contributed by atoms with Crippen LogP contribution in [0.25, 0.3) is 0 Å². The Balaban J connectivity index is 1.76. The fourth-order valence-corrected chi connectivity index (χ4v) is 4.42. The van der Waals surface area contributed by atoms with Crippen molar-refractivity contribution in [3.05, 3.63) is 63.6 Å². The number of carbonyl (C=O) groups is 1. The average Bonchev–Trinajstić information content (AvgIpc) is 3.20. The van der Waals surface area contributed by atoms with Crippen molar-refractivity contribution in [2.75, 3.05) is 10.6 Å². The van der Waals surface area contributed by atoms with Crippen molar-refractivity contribution in [3.8, 4) is 0 Å². The number of carbonyl (C=O) groups excluding carboxylic acids is 1. The summed E-state index contributed by atoms with van der Waals surface area (Å²) in [6, 6.07) is 11.5. The minimum atomic E-state index is -3.61. The average molecular weight is 454 g/mol. The molecule has 3 rings (SSSR count). The molecule has 154 valence electrons. The summed E-state index contributed by atoms with van der Waals surface area (Å²) >= 11 is 12.2. The highest BCUT2D eigenvalue weighted by molar-refractivity contribution is 7.92. The summed E-state index contributed by atoms with van der Waals surface area (Å²) in [6.07, 6.45) is 5.17. The van der Waals surface area contributed by atoms with E-state index in [4.69, 9.17) is 23.2 Å². The third-order valence-corrected chi connectivity index (χ3v) is 6.57. The number of anilines is 1. The molecule has 1 aliphatic rings. The number of halogens is 2. The van der Waals surface area contributed by atoms with E-state index in [1.165, 1.54) is 4.31 Å². The van der Waals surface area contributed by atoms with E-state index in [1.807, 2.05) is 0 Å². The summed E-state index contributed by atoms with van der Waals surface area (Å²) in [5.41, 5.74) is 5.03. The highest BCUT2D eigenvalue weighted by atomic mass is 35.5. The fraction of sp³-hybridized carbons (Fsp3) is 0.300. The SMILES string of the molecule is CS(=O)(=O)N(Cc1ccc(C(=O)NN=C2CCCC2)cc1)c1cccc(Cl)c1Cl. The van der Waals surface area contributed by atoms with E-state index in [0.29, 0.717) is 16.8 Å². The van der Waals surface area contributed by atoms with Gasteiger partial charge in [-0.2, -0.15) is 5.10 Å². The van der Waals surface area contributed by atoms with Crippen molar-refractivity contribution >= 4 is 50.5 Å². The zero-order valence-electron chi connectivity index (χ0n) is 15.9. The molecule has 1 fully saturated rings. The Labute approximate surface area is 180 Å². The lowest BCUT2D eigenvalue weighted by Crippen LogP contribution is -2.29. The zero-order chi connectivity index (χ0) is 21.0. The van der Waals surface area contributed by atoms with Crippen LogP contribution in [0.15, 0.2) is 47.6 Å². The predicted molar refractivity (Wildman–Crippen MR) is 117 cm³/mol. The van der Waals surface area contributed by atoms with Gasteiger partial charge in [0.25, 0.3) is 5.91 Å². The van der Waals surface area contributed by atoms with Gasteiger partial charge in [0.1, 0.15) is 0 Å². The van der Waals surface area contributed by atoms with Crippen molar-refractivity contribution in [2.45, 2.75) is 32.2 Å². The topological polar surface area (TPSA) is 78.8 Å². The van der Waals surface area contributed by atoms with Gasteiger partial charge in [-0.3, -0.25) is 9.10 Å². The highest BCUT2D eigenvalue weighted by Crippen LogP contribution is 2.34. The minimum absolute atomic E-state index is 0.0586. The summed E-state index contributed by atoms with van der Waals surface area (Å²) in [6.45, 7) is 0.0586. The van der Waals surface area contributed by atoms with Crippen LogP contribution < -0.4 is 9.73 Å². The van der Waals surface area contributed by atoms with Crippen LogP contribution in [0.2, 0.25) is 10.0 Å². The number of hydrogen-bond donors (Lipinski definition) is 1. The van der Waals surface area contributed by atoms with E-state index >= 15 is 0 Å². The largest absolute Gasteiger partial charge is 0.271 e. The Morgan fingerprint density at radius 3 is 2.38 bits per heavy atom. The zero-order valence-corrected chi connectivity index (χ0v) is 18.2. The Morgan fingerprint density at radius 1 is 1.10 bits per heavy atom. The van der Waals surface area contributed by atoms with Gasteiger partial charge in [-0.05, 0) is 55.5 Å². The lowest BCUT2D eigenvalue weighted by atomic mass is 10.1. The molecule has 1 aliphatic carbocycles. The number of benzene rings is 2. The lowest BCUT2D eigenvalue weighted by Gasteiger charge is -2.24. The van der Waals surface area contributed by atoms with Crippen molar-refractivity contribution in [3.63, 3.8) is 0 Å². The summed E-state index contributed by atoms with van der Waals surface area (Å²) in [7, 11) is -3.61. The van der Waals surface area contributed by atoms with Gasteiger partial charge < -0.3 is 0 Å². The summed E-state index contributed by atoms with van der Waals surface area (Å²) in [5, 5.41) is 4.60. The normalized spacial score (nSPS) is 14.0. The third-order valence-electron chi connectivity index (χ3n) is 4.64. The molecule has 1 N–H and O–H groups in total. The van der Waals surface area contributed by atoms with Crippen LogP contribution in [0.3, 0.4) is 0 Å². The summed E-state index contributed by atoms with van der Waals surface area (Å²) < 4.78 is 25.8. The Kier molecular flexibility index (Phi) is 6.82. The maximum absolute atomic E-state index is 12.3. The van der Waals surface area contributed by atoms with Gasteiger partial charge in [-0.15, -0.1) is 0 Å². The van der Waals surface area contributed by atoms with E-state index in [-0.39, 0.29) is 22.5 Å². The first-order chi connectivity index (χ1) is 13.8. The molecule has 0 bridgehead atoms. The highest BCUT2D eigenvalue weighted by Gasteiger charge is 2.21. The smallest absolute Gasteiger partial charge is 0.267 e. The first kappa shape index (κ1) is 21.6. The molecule has 2 aromatic carbocycles. The molecule has 0 heterocycles. The first-order valence-corrected chi connectivity index (χ1v) is 11.7. The van der Waals surface area contributed by atoms with Gasteiger partial charge in [0.05, 0.1) is 28.5 Å². The fourth-order valence-electron chi connectivity index (χ4n) is 3.08. The molecule has 1 amide bonds. The molecule has 6 nitrogen and oxygen atoms in total. The van der Waals surface area contributed by atoms with Gasteiger partial charge in [0.2, 0.25) is 10.0 Å². The molecule has 0 aliphatic heterocycles. The molecule has 29 heavy (non-hydrogen) atoms. The van der Waals surface area contributed by atoms with Gasteiger partial charge >= 0.3 is 0 Å². The lowest BCUT2D eigenvalue weighted by molar-refractivity contribution is 0.0954. The Morgan fingerprint density at radius 2 is 1.76 bits per heavy atom. The molecular formula is C20H21Cl2N3O3S. The molecule has 1 saturated carbocycles. The van der Waals surface area contributed by atoms with Crippen molar-refractivity contribution in [1.82, 2.24) is 5.43 Å². The van der Waals surface area contributed by atoms with Crippen LogP contribution >= 0.6 is 23.2 Å².